The van der Waals surface area contributed by atoms with E-state index in [-0.39, 0.29) is 4.90 Å². The van der Waals surface area contributed by atoms with Gasteiger partial charge in [-0.25, -0.2) is 8.42 Å². The molecule has 0 aliphatic heterocycles. The summed E-state index contributed by atoms with van der Waals surface area (Å²) in [4.78, 5) is 11.1. The van der Waals surface area contributed by atoms with Crippen molar-refractivity contribution in [3.8, 4) is 0 Å². The summed E-state index contributed by atoms with van der Waals surface area (Å²) in [6.45, 7) is 4.71. The van der Waals surface area contributed by atoms with Gasteiger partial charge < -0.3 is 9.90 Å². The standard InChI is InChI=1S/C17H19NO4S/c1-12-7-9-15(10-8-12)23(21,22)18(11-17(19)20)16-6-4-5-13(2)14(16)3/h4-10H,11H2,1-3H3,(H,19,20)/p-1. The average Bonchev–Trinajstić information content (AvgIpc) is 2.48. The lowest BCUT2D eigenvalue weighted by atomic mass is 10.1. The molecule has 0 bridgehead atoms. The molecule has 0 aromatic heterocycles. The molecule has 5 nitrogen and oxygen atoms in total. The van der Waals surface area contributed by atoms with Gasteiger partial charge in [0.1, 0.15) is 0 Å². The van der Waals surface area contributed by atoms with Gasteiger partial charge in [-0.15, -0.1) is 0 Å². The highest BCUT2D eigenvalue weighted by molar-refractivity contribution is 7.92. The molecule has 0 saturated carbocycles. The van der Waals surface area contributed by atoms with Gasteiger partial charge in [0.05, 0.1) is 23.1 Å². The quantitative estimate of drug-likeness (QED) is 0.832. The van der Waals surface area contributed by atoms with E-state index in [0.29, 0.717) is 11.3 Å². The molecule has 0 aliphatic rings. The molecule has 0 aliphatic carbocycles. The van der Waals surface area contributed by atoms with E-state index in [2.05, 4.69) is 0 Å². The molecule has 2 aromatic carbocycles. The summed E-state index contributed by atoms with van der Waals surface area (Å²) in [6, 6.07) is 11.4. The Morgan fingerprint density at radius 1 is 1.04 bits per heavy atom. The van der Waals surface area contributed by atoms with E-state index >= 15 is 0 Å². The van der Waals surface area contributed by atoms with Crippen molar-refractivity contribution in [1.29, 1.82) is 0 Å². The fourth-order valence-electron chi connectivity index (χ4n) is 2.26. The Labute approximate surface area is 136 Å². The zero-order valence-corrected chi connectivity index (χ0v) is 14.1. The Kier molecular flexibility index (Phi) is 4.75. The van der Waals surface area contributed by atoms with Gasteiger partial charge in [0.25, 0.3) is 10.0 Å². The average molecular weight is 332 g/mol. The highest BCUT2D eigenvalue weighted by atomic mass is 32.2. The summed E-state index contributed by atoms with van der Waals surface area (Å²) in [5.74, 6) is -1.46. The predicted octanol–water partition coefficient (Wildman–Crippen LogP) is 1.56. The minimum Gasteiger partial charge on any atom is -0.548 e. The summed E-state index contributed by atoms with van der Waals surface area (Å²) in [6.07, 6.45) is 0. The van der Waals surface area contributed by atoms with Crippen LogP contribution in [0.5, 0.6) is 0 Å². The normalized spacial score (nSPS) is 11.3. The summed E-state index contributed by atoms with van der Waals surface area (Å²) >= 11 is 0. The molecule has 0 amide bonds. The Hall–Kier alpha value is -2.34. The van der Waals surface area contributed by atoms with Crippen LogP contribution in [0.15, 0.2) is 47.4 Å². The number of hydrogen-bond donors (Lipinski definition) is 0. The molecule has 0 N–H and O–H groups in total. The van der Waals surface area contributed by atoms with E-state index in [0.717, 1.165) is 15.4 Å². The maximum absolute atomic E-state index is 12.9. The van der Waals surface area contributed by atoms with E-state index in [1.807, 2.05) is 19.9 Å². The Morgan fingerprint density at radius 2 is 1.65 bits per heavy atom. The summed E-state index contributed by atoms with van der Waals surface area (Å²) in [5, 5.41) is 11.1. The second-order valence-corrected chi connectivity index (χ2v) is 7.28. The minimum absolute atomic E-state index is 0.0465. The number of anilines is 1. The number of carboxylic acid groups (broad SMARTS) is 1. The first-order valence-corrected chi connectivity index (χ1v) is 8.53. The second kappa shape index (κ2) is 6.42. The van der Waals surface area contributed by atoms with Crippen LogP contribution >= 0.6 is 0 Å². The van der Waals surface area contributed by atoms with Gasteiger partial charge in [-0.1, -0.05) is 29.8 Å². The fraction of sp³-hybridized carbons (Fsp3) is 0.235. The van der Waals surface area contributed by atoms with Crippen LogP contribution in [0.25, 0.3) is 0 Å². The molecule has 0 fully saturated rings. The van der Waals surface area contributed by atoms with Crippen LogP contribution < -0.4 is 9.41 Å². The third-order valence-electron chi connectivity index (χ3n) is 3.73. The molecule has 0 unspecified atom stereocenters. The molecule has 0 atom stereocenters. The molecule has 6 heteroatoms. The van der Waals surface area contributed by atoms with Crippen molar-refractivity contribution >= 4 is 21.7 Å². The smallest absolute Gasteiger partial charge is 0.264 e. The third kappa shape index (κ3) is 3.53. The van der Waals surface area contributed by atoms with Crippen molar-refractivity contribution in [2.75, 3.05) is 10.8 Å². The zero-order valence-electron chi connectivity index (χ0n) is 13.2. The zero-order chi connectivity index (χ0) is 17.2. The number of nitrogens with zero attached hydrogens (tertiary/aromatic N) is 1. The first-order chi connectivity index (χ1) is 10.7. The second-order valence-electron chi connectivity index (χ2n) is 5.42. The topological polar surface area (TPSA) is 77.5 Å². The number of carboxylic acids is 1. The van der Waals surface area contributed by atoms with Crippen LogP contribution in [-0.2, 0) is 14.8 Å². The highest BCUT2D eigenvalue weighted by Crippen LogP contribution is 2.28. The molecule has 23 heavy (non-hydrogen) atoms. The van der Waals surface area contributed by atoms with Gasteiger partial charge in [-0.2, -0.15) is 0 Å². The molecular formula is C17H18NO4S-. The SMILES string of the molecule is Cc1ccc(S(=O)(=O)N(CC(=O)[O-])c2cccc(C)c2C)cc1. The Bertz CT molecular complexity index is 826. The first-order valence-electron chi connectivity index (χ1n) is 7.09. The van der Waals surface area contributed by atoms with Gasteiger partial charge in [0.15, 0.2) is 0 Å². The van der Waals surface area contributed by atoms with Crippen LogP contribution in [0, 0.1) is 20.8 Å². The third-order valence-corrected chi connectivity index (χ3v) is 5.50. The van der Waals surface area contributed by atoms with E-state index in [1.54, 1.807) is 31.2 Å². The first kappa shape index (κ1) is 17.0. The number of sulfonamides is 1. The molecule has 0 heterocycles. The largest absolute Gasteiger partial charge is 0.548 e. The molecule has 0 spiro atoms. The van der Waals surface area contributed by atoms with Gasteiger partial charge in [-0.05, 0) is 50.1 Å². The minimum atomic E-state index is -3.99. The maximum Gasteiger partial charge on any atom is 0.264 e. The van der Waals surface area contributed by atoms with E-state index in [4.69, 9.17) is 0 Å². The summed E-state index contributed by atoms with van der Waals surface area (Å²) in [5.41, 5.74) is 2.85. The highest BCUT2D eigenvalue weighted by Gasteiger charge is 2.26. The van der Waals surface area contributed by atoms with E-state index in [1.165, 1.54) is 12.1 Å². The lowest BCUT2D eigenvalue weighted by molar-refractivity contribution is -0.303. The number of carbonyl (C=O) groups excluding carboxylic acids is 1. The number of aliphatic carboxylic acids is 1. The van der Waals surface area contributed by atoms with Crippen molar-refractivity contribution < 1.29 is 18.3 Å². The molecular weight excluding hydrogens is 314 g/mol. The molecule has 0 radical (unpaired) electrons. The van der Waals surface area contributed by atoms with Crippen molar-refractivity contribution in [2.24, 2.45) is 0 Å². The van der Waals surface area contributed by atoms with Crippen molar-refractivity contribution in [3.05, 3.63) is 59.2 Å². The molecule has 2 rings (SSSR count). The number of aryl methyl sites for hydroxylation is 2. The fourth-order valence-corrected chi connectivity index (χ4v) is 3.73. The number of carbonyl (C=O) groups is 1. The maximum atomic E-state index is 12.9. The lowest BCUT2D eigenvalue weighted by Crippen LogP contribution is -2.42. The molecule has 0 saturated heterocycles. The van der Waals surface area contributed by atoms with E-state index < -0.39 is 22.5 Å². The van der Waals surface area contributed by atoms with Crippen LogP contribution in [-0.4, -0.2) is 20.9 Å². The van der Waals surface area contributed by atoms with Crippen molar-refractivity contribution in [1.82, 2.24) is 0 Å². The van der Waals surface area contributed by atoms with Crippen LogP contribution in [0.2, 0.25) is 0 Å². The molecule has 2 aromatic rings. The van der Waals surface area contributed by atoms with Gasteiger partial charge in [0.2, 0.25) is 0 Å². The molecule has 122 valence electrons. The van der Waals surface area contributed by atoms with Crippen molar-refractivity contribution in [3.63, 3.8) is 0 Å². The van der Waals surface area contributed by atoms with Crippen molar-refractivity contribution in [2.45, 2.75) is 25.7 Å². The van der Waals surface area contributed by atoms with Crippen LogP contribution in [0.1, 0.15) is 16.7 Å². The van der Waals surface area contributed by atoms with Crippen LogP contribution in [0.4, 0.5) is 5.69 Å². The number of rotatable bonds is 5. The number of benzene rings is 2. The van der Waals surface area contributed by atoms with Gasteiger partial charge in [-0.3, -0.25) is 4.31 Å². The van der Waals surface area contributed by atoms with Crippen LogP contribution in [0.3, 0.4) is 0 Å². The van der Waals surface area contributed by atoms with Gasteiger partial charge in [0, 0.05) is 0 Å². The number of hydrogen-bond acceptors (Lipinski definition) is 4. The Balaban J connectivity index is 2.60. The van der Waals surface area contributed by atoms with Gasteiger partial charge >= 0.3 is 0 Å². The monoisotopic (exact) mass is 332 g/mol. The lowest BCUT2D eigenvalue weighted by Gasteiger charge is -2.27. The predicted molar refractivity (Wildman–Crippen MR) is 86.6 cm³/mol. The van der Waals surface area contributed by atoms with E-state index in [9.17, 15) is 18.3 Å². The Morgan fingerprint density at radius 3 is 2.22 bits per heavy atom. The summed E-state index contributed by atoms with van der Waals surface area (Å²) in [7, 11) is -3.99. The summed E-state index contributed by atoms with van der Waals surface area (Å²) < 4.78 is 26.6.